The van der Waals surface area contributed by atoms with E-state index in [-0.39, 0.29) is 12.5 Å². The number of aryl methyl sites for hydroxylation is 1. The van der Waals surface area contributed by atoms with E-state index in [1.807, 2.05) is 0 Å². The Labute approximate surface area is 200 Å². The van der Waals surface area contributed by atoms with Crippen LogP contribution in [0.1, 0.15) is 49.3 Å². The lowest BCUT2D eigenvalue weighted by Crippen LogP contribution is -2.50. The number of fused-ring (bicyclic) bond motifs is 1. The fraction of sp³-hybridized carbons (Fsp3) is 0.400. The minimum Gasteiger partial charge on any atom is -0.347 e. The van der Waals surface area contributed by atoms with Crippen LogP contribution >= 0.6 is 0 Å². The quantitative estimate of drug-likeness (QED) is 0.539. The molecule has 2 atom stereocenters. The van der Waals surface area contributed by atoms with Gasteiger partial charge in [-0.25, -0.2) is 4.39 Å². The van der Waals surface area contributed by atoms with Gasteiger partial charge < -0.3 is 15.5 Å². The number of alkyl halides is 3. The summed E-state index contributed by atoms with van der Waals surface area (Å²) in [4.78, 5) is 37.8. The molecule has 1 unspecified atom stereocenters. The highest BCUT2D eigenvalue weighted by molar-refractivity contribution is 5.92. The van der Waals surface area contributed by atoms with Gasteiger partial charge in [-0.1, -0.05) is 25.1 Å². The minimum absolute atomic E-state index is 0.131. The molecule has 0 spiro atoms. The van der Waals surface area contributed by atoms with Crippen molar-refractivity contribution in [1.29, 1.82) is 0 Å². The Morgan fingerprint density at radius 2 is 1.80 bits per heavy atom. The van der Waals surface area contributed by atoms with Crippen LogP contribution in [0.25, 0.3) is 0 Å². The maximum Gasteiger partial charge on any atom is 0.408 e. The SMILES string of the molecule is CCC(=O)Nc1ccc2c(c1)CCC2C(=O)NCC(=O)N(Cc1ccc(F)cc1)[C@@H](C)C(F)(F)F. The first-order valence-corrected chi connectivity index (χ1v) is 11.3. The zero-order valence-electron chi connectivity index (χ0n) is 19.4. The molecule has 0 saturated carbocycles. The molecule has 0 aromatic heterocycles. The number of nitrogens with one attached hydrogen (secondary N) is 2. The first kappa shape index (κ1) is 26.2. The fourth-order valence-corrected chi connectivity index (χ4v) is 4.01. The molecule has 1 aliphatic rings. The number of hydrogen-bond donors (Lipinski definition) is 2. The van der Waals surface area contributed by atoms with Crippen molar-refractivity contribution < 1.29 is 31.9 Å². The van der Waals surface area contributed by atoms with Crippen molar-refractivity contribution in [1.82, 2.24) is 10.2 Å². The highest BCUT2D eigenvalue weighted by Gasteiger charge is 2.42. The van der Waals surface area contributed by atoms with E-state index < -0.39 is 42.3 Å². The van der Waals surface area contributed by atoms with Crippen molar-refractivity contribution in [3.05, 3.63) is 65.0 Å². The Balaban J connectivity index is 1.67. The Bertz CT molecular complexity index is 1090. The third kappa shape index (κ3) is 6.58. The summed E-state index contributed by atoms with van der Waals surface area (Å²) in [7, 11) is 0. The number of anilines is 1. The summed E-state index contributed by atoms with van der Waals surface area (Å²) in [6.45, 7) is 1.62. The highest BCUT2D eigenvalue weighted by Crippen LogP contribution is 2.35. The molecule has 2 N–H and O–H groups in total. The molecule has 35 heavy (non-hydrogen) atoms. The monoisotopic (exact) mass is 493 g/mol. The second kappa shape index (κ2) is 10.9. The predicted octanol–water partition coefficient (Wildman–Crippen LogP) is 4.30. The Morgan fingerprint density at radius 3 is 2.43 bits per heavy atom. The topological polar surface area (TPSA) is 78.5 Å². The molecule has 0 fully saturated rings. The molecule has 0 heterocycles. The van der Waals surface area contributed by atoms with Crippen molar-refractivity contribution in [2.24, 2.45) is 0 Å². The molecule has 0 aliphatic heterocycles. The minimum atomic E-state index is -4.67. The summed E-state index contributed by atoms with van der Waals surface area (Å²) < 4.78 is 53.4. The Morgan fingerprint density at radius 1 is 1.11 bits per heavy atom. The number of nitrogens with zero attached hydrogens (tertiary/aromatic N) is 1. The lowest BCUT2D eigenvalue weighted by molar-refractivity contribution is -0.186. The zero-order valence-corrected chi connectivity index (χ0v) is 19.4. The van der Waals surface area contributed by atoms with E-state index in [9.17, 15) is 31.9 Å². The highest BCUT2D eigenvalue weighted by atomic mass is 19.4. The van der Waals surface area contributed by atoms with Gasteiger partial charge in [0.15, 0.2) is 0 Å². The molecule has 6 nitrogen and oxygen atoms in total. The number of halogens is 4. The molecule has 0 saturated heterocycles. The zero-order chi connectivity index (χ0) is 25.8. The first-order valence-electron chi connectivity index (χ1n) is 11.3. The lowest BCUT2D eigenvalue weighted by atomic mass is 10.00. The molecule has 3 rings (SSSR count). The van der Waals surface area contributed by atoms with E-state index in [1.54, 1.807) is 25.1 Å². The number of amides is 3. The van der Waals surface area contributed by atoms with Crippen LogP contribution in [0.3, 0.4) is 0 Å². The molecule has 3 amide bonds. The number of carbonyl (C=O) groups excluding carboxylic acids is 3. The van der Waals surface area contributed by atoms with E-state index in [0.717, 1.165) is 30.2 Å². The van der Waals surface area contributed by atoms with E-state index in [1.165, 1.54) is 12.1 Å². The summed E-state index contributed by atoms with van der Waals surface area (Å²) in [5, 5.41) is 5.24. The van der Waals surface area contributed by atoms with Crippen molar-refractivity contribution in [3.8, 4) is 0 Å². The van der Waals surface area contributed by atoms with Crippen LogP contribution in [0.5, 0.6) is 0 Å². The van der Waals surface area contributed by atoms with Crippen LogP contribution in [0.2, 0.25) is 0 Å². The molecule has 2 aromatic rings. The predicted molar refractivity (Wildman–Crippen MR) is 122 cm³/mol. The van der Waals surface area contributed by atoms with Gasteiger partial charge in [-0.3, -0.25) is 14.4 Å². The Kier molecular flexibility index (Phi) is 8.14. The third-order valence-electron chi connectivity index (χ3n) is 6.08. The average Bonchev–Trinajstić information content (AvgIpc) is 3.24. The van der Waals surface area contributed by atoms with Crippen LogP contribution in [0.15, 0.2) is 42.5 Å². The van der Waals surface area contributed by atoms with Gasteiger partial charge in [-0.15, -0.1) is 0 Å². The maximum absolute atomic E-state index is 13.4. The second-order valence-electron chi connectivity index (χ2n) is 8.49. The van der Waals surface area contributed by atoms with Gasteiger partial charge in [0.2, 0.25) is 17.7 Å². The van der Waals surface area contributed by atoms with E-state index in [4.69, 9.17) is 0 Å². The van der Waals surface area contributed by atoms with E-state index in [0.29, 0.717) is 35.4 Å². The summed E-state index contributed by atoms with van der Waals surface area (Å²) in [5.41, 5.74) is 2.62. The summed E-state index contributed by atoms with van der Waals surface area (Å²) in [5.74, 6) is -2.57. The van der Waals surface area contributed by atoms with Crippen molar-refractivity contribution >= 4 is 23.4 Å². The lowest BCUT2D eigenvalue weighted by Gasteiger charge is -2.31. The number of rotatable bonds is 8. The molecule has 0 bridgehead atoms. The van der Waals surface area contributed by atoms with E-state index in [2.05, 4.69) is 10.6 Å². The van der Waals surface area contributed by atoms with Crippen molar-refractivity contribution in [2.45, 2.75) is 57.8 Å². The molecular formula is C25H27F4N3O3. The van der Waals surface area contributed by atoms with Gasteiger partial charge >= 0.3 is 6.18 Å². The normalized spacial score (nSPS) is 15.8. The van der Waals surface area contributed by atoms with Gasteiger partial charge in [-0.05, 0) is 60.7 Å². The molecule has 188 valence electrons. The fourth-order valence-electron chi connectivity index (χ4n) is 4.01. The van der Waals surface area contributed by atoms with Crippen LogP contribution in [0, 0.1) is 5.82 Å². The number of carbonyl (C=O) groups is 3. The van der Waals surface area contributed by atoms with Gasteiger partial charge in [0, 0.05) is 18.7 Å². The van der Waals surface area contributed by atoms with Crippen LogP contribution < -0.4 is 10.6 Å². The van der Waals surface area contributed by atoms with Gasteiger partial charge in [0.25, 0.3) is 0 Å². The average molecular weight is 494 g/mol. The third-order valence-corrected chi connectivity index (χ3v) is 6.08. The maximum atomic E-state index is 13.4. The summed E-state index contributed by atoms with van der Waals surface area (Å²) in [6, 6.07) is 7.97. The summed E-state index contributed by atoms with van der Waals surface area (Å²) in [6.07, 6.45) is -3.26. The molecular weight excluding hydrogens is 466 g/mol. The molecule has 0 radical (unpaired) electrons. The second-order valence-corrected chi connectivity index (χ2v) is 8.49. The van der Waals surface area contributed by atoms with Crippen molar-refractivity contribution in [3.63, 3.8) is 0 Å². The van der Waals surface area contributed by atoms with Crippen LogP contribution in [-0.4, -0.2) is 41.4 Å². The van der Waals surface area contributed by atoms with Crippen LogP contribution in [-0.2, 0) is 27.3 Å². The van der Waals surface area contributed by atoms with Gasteiger partial charge in [0.1, 0.15) is 11.9 Å². The molecule has 2 aromatic carbocycles. The molecule has 10 heteroatoms. The van der Waals surface area contributed by atoms with E-state index >= 15 is 0 Å². The number of benzene rings is 2. The first-order chi connectivity index (χ1) is 16.5. The Hall–Kier alpha value is -3.43. The largest absolute Gasteiger partial charge is 0.408 e. The molecule has 1 aliphatic carbocycles. The summed E-state index contributed by atoms with van der Waals surface area (Å²) >= 11 is 0. The van der Waals surface area contributed by atoms with Crippen molar-refractivity contribution in [2.75, 3.05) is 11.9 Å². The standard InChI is InChI=1S/C25H27F4N3O3/c1-3-22(33)31-19-9-11-20-17(12-19)6-10-21(20)24(35)30-13-23(34)32(15(2)25(27,28)29)14-16-4-7-18(26)8-5-16/h4-5,7-9,11-12,15,21H,3,6,10,13-14H2,1-2H3,(H,30,35)(H,31,33)/t15-,21?/m0/s1. The van der Waals surface area contributed by atoms with Gasteiger partial charge in [-0.2, -0.15) is 13.2 Å². The number of hydrogen-bond acceptors (Lipinski definition) is 3. The van der Waals surface area contributed by atoms with Crippen LogP contribution in [0.4, 0.5) is 23.2 Å². The van der Waals surface area contributed by atoms with Gasteiger partial charge in [0.05, 0.1) is 12.5 Å². The smallest absolute Gasteiger partial charge is 0.347 e.